The van der Waals surface area contributed by atoms with Gasteiger partial charge in [-0.3, -0.25) is 4.79 Å². The fourth-order valence-corrected chi connectivity index (χ4v) is 2.61. The van der Waals surface area contributed by atoms with Crippen LogP contribution in [0.3, 0.4) is 0 Å². The molecule has 18 heavy (non-hydrogen) atoms. The molecule has 5 heteroatoms. The Morgan fingerprint density at radius 2 is 2.06 bits per heavy atom. The standard InChI is InChI=1S/C13H22N4O/c14-9-12-10-17(11-18)7-3-13(12)15-4-8-16-5-1-2-6-16/h9,11,14-15H,1-8,10H2. The minimum absolute atomic E-state index is 0.568. The zero-order chi connectivity index (χ0) is 12.8. The van der Waals surface area contributed by atoms with Gasteiger partial charge in [-0.25, -0.2) is 0 Å². The van der Waals surface area contributed by atoms with E-state index < -0.39 is 0 Å². The lowest BCUT2D eigenvalue weighted by Gasteiger charge is -2.27. The van der Waals surface area contributed by atoms with Crippen molar-refractivity contribution in [1.82, 2.24) is 15.1 Å². The number of rotatable bonds is 6. The second kappa shape index (κ2) is 6.54. The number of hydrogen-bond donors (Lipinski definition) is 2. The second-order valence-electron chi connectivity index (χ2n) is 4.95. The molecular weight excluding hydrogens is 228 g/mol. The first kappa shape index (κ1) is 13.1. The van der Waals surface area contributed by atoms with Crippen molar-refractivity contribution in [2.45, 2.75) is 19.3 Å². The van der Waals surface area contributed by atoms with Gasteiger partial charge < -0.3 is 20.5 Å². The Morgan fingerprint density at radius 3 is 2.72 bits per heavy atom. The fourth-order valence-electron chi connectivity index (χ4n) is 2.61. The molecule has 0 aromatic heterocycles. The summed E-state index contributed by atoms with van der Waals surface area (Å²) in [6.07, 6.45) is 5.72. The number of amides is 1. The van der Waals surface area contributed by atoms with Crippen LogP contribution in [0.1, 0.15) is 19.3 Å². The molecule has 2 aliphatic heterocycles. The van der Waals surface area contributed by atoms with E-state index in [0.29, 0.717) is 6.54 Å². The Labute approximate surface area is 108 Å². The number of hydrogen-bond acceptors (Lipinski definition) is 4. The fraction of sp³-hybridized carbons (Fsp3) is 0.692. The van der Waals surface area contributed by atoms with E-state index in [4.69, 9.17) is 5.41 Å². The third-order valence-electron chi connectivity index (χ3n) is 3.70. The van der Waals surface area contributed by atoms with Gasteiger partial charge in [-0.15, -0.1) is 0 Å². The van der Waals surface area contributed by atoms with Gasteiger partial charge in [-0.1, -0.05) is 0 Å². The minimum atomic E-state index is 0.568. The van der Waals surface area contributed by atoms with Crippen molar-refractivity contribution in [3.63, 3.8) is 0 Å². The summed E-state index contributed by atoms with van der Waals surface area (Å²) in [6.45, 7) is 5.78. The van der Waals surface area contributed by atoms with Gasteiger partial charge in [0.1, 0.15) is 0 Å². The lowest BCUT2D eigenvalue weighted by atomic mass is 10.1. The van der Waals surface area contributed by atoms with Crippen molar-refractivity contribution in [3.8, 4) is 0 Å². The Bertz CT molecular complexity index is 334. The summed E-state index contributed by atoms with van der Waals surface area (Å²) in [7, 11) is 0. The molecule has 1 saturated heterocycles. The first-order valence-corrected chi connectivity index (χ1v) is 6.71. The van der Waals surface area contributed by atoms with E-state index >= 15 is 0 Å². The molecule has 0 aliphatic carbocycles. The molecule has 0 spiro atoms. The van der Waals surface area contributed by atoms with Crippen LogP contribution >= 0.6 is 0 Å². The monoisotopic (exact) mass is 250 g/mol. The maximum absolute atomic E-state index is 10.7. The van der Waals surface area contributed by atoms with Gasteiger partial charge in [-0.2, -0.15) is 0 Å². The van der Waals surface area contributed by atoms with Crippen LogP contribution in [0.5, 0.6) is 0 Å². The van der Waals surface area contributed by atoms with E-state index in [0.717, 1.165) is 43.7 Å². The van der Waals surface area contributed by atoms with Crippen molar-refractivity contribution in [2.24, 2.45) is 0 Å². The van der Waals surface area contributed by atoms with Gasteiger partial charge in [0, 0.05) is 50.1 Å². The quantitative estimate of drug-likeness (QED) is 0.531. The highest BCUT2D eigenvalue weighted by Gasteiger charge is 2.16. The first-order valence-electron chi connectivity index (χ1n) is 6.71. The highest BCUT2D eigenvalue weighted by atomic mass is 16.1. The number of nitrogens with one attached hydrogen (secondary N) is 2. The summed E-state index contributed by atoms with van der Waals surface area (Å²) in [4.78, 5) is 14.9. The van der Waals surface area contributed by atoms with Gasteiger partial charge in [0.25, 0.3) is 0 Å². The normalized spacial score (nSPS) is 21.2. The van der Waals surface area contributed by atoms with Gasteiger partial charge in [0.2, 0.25) is 6.41 Å². The van der Waals surface area contributed by atoms with E-state index in [1.165, 1.54) is 32.1 Å². The molecule has 1 amide bonds. The van der Waals surface area contributed by atoms with Crippen molar-refractivity contribution in [3.05, 3.63) is 11.3 Å². The van der Waals surface area contributed by atoms with Crippen LogP contribution in [0.2, 0.25) is 0 Å². The Balaban J connectivity index is 1.80. The van der Waals surface area contributed by atoms with Gasteiger partial charge >= 0.3 is 0 Å². The summed E-state index contributed by atoms with van der Waals surface area (Å²) < 4.78 is 0. The minimum Gasteiger partial charge on any atom is -0.387 e. The van der Waals surface area contributed by atoms with Gasteiger partial charge in [0.05, 0.1) is 0 Å². The summed E-state index contributed by atoms with van der Waals surface area (Å²) in [5, 5.41) is 10.9. The predicted octanol–water partition coefficient (Wildman–Crippen LogP) is 0.438. The molecule has 0 unspecified atom stereocenters. The average Bonchev–Trinajstić information content (AvgIpc) is 2.92. The maximum atomic E-state index is 10.7. The second-order valence-corrected chi connectivity index (χ2v) is 4.95. The van der Waals surface area contributed by atoms with Crippen LogP contribution in [0.4, 0.5) is 0 Å². The molecule has 0 radical (unpaired) electrons. The lowest BCUT2D eigenvalue weighted by molar-refractivity contribution is -0.117. The number of carbonyl (C=O) groups is 1. The molecule has 0 aromatic rings. The molecule has 0 bridgehead atoms. The van der Waals surface area contributed by atoms with E-state index in [2.05, 4.69) is 10.2 Å². The highest BCUT2D eigenvalue weighted by molar-refractivity contribution is 5.78. The smallest absolute Gasteiger partial charge is 0.210 e. The summed E-state index contributed by atoms with van der Waals surface area (Å²) in [6, 6.07) is 0. The molecule has 2 N–H and O–H groups in total. The van der Waals surface area contributed by atoms with E-state index in [9.17, 15) is 4.79 Å². The average molecular weight is 250 g/mol. The van der Waals surface area contributed by atoms with Crippen LogP contribution in [0.25, 0.3) is 0 Å². The van der Waals surface area contributed by atoms with Crippen LogP contribution in [0, 0.1) is 5.41 Å². The Morgan fingerprint density at radius 1 is 1.28 bits per heavy atom. The molecule has 0 atom stereocenters. The van der Waals surface area contributed by atoms with Gasteiger partial charge in [-0.05, 0) is 25.9 Å². The largest absolute Gasteiger partial charge is 0.387 e. The molecule has 100 valence electrons. The van der Waals surface area contributed by atoms with Crippen LogP contribution in [-0.4, -0.2) is 61.7 Å². The first-order chi connectivity index (χ1) is 8.83. The Hall–Kier alpha value is -1.36. The van der Waals surface area contributed by atoms with Gasteiger partial charge in [0.15, 0.2) is 0 Å². The Kier molecular flexibility index (Phi) is 4.75. The third kappa shape index (κ3) is 3.32. The van der Waals surface area contributed by atoms with E-state index in [1.54, 1.807) is 4.90 Å². The molecule has 1 fully saturated rings. The molecule has 2 rings (SSSR count). The van der Waals surface area contributed by atoms with Crippen molar-refractivity contribution in [2.75, 3.05) is 39.3 Å². The lowest BCUT2D eigenvalue weighted by Crippen LogP contribution is -2.36. The molecule has 0 aromatic carbocycles. The summed E-state index contributed by atoms with van der Waals surface area (Å²) in [5.41, 5.74) is 2.08. The van der Waals surface area contributed by atoms with Crippen LogP contribution in [-0.2, 0) is 4.79 Å². The number of carbonyl (C=O) groups excluding carboxylic acids is 1. The molecule has 2 heterocycles. The number of likely N-dealkylation sites (tertiary alicyclic amines) is 1. The van der Waals surface area contributed by atoms with E-state index in [-0.39, 0.29) is 0 Å². The molecular formula is C13H22N4O. The summed E-state index contributed by atoms with van der Waals surface area (Å²) in [5.74, 6) is 0. The van der Waals surface area contributed by atoms with Crippen molar-refractivity contribution in [1.29, 1.82) is 5.41 Å². The summed E-state index contributed by atoms with van der Waals surface area (Å²) >= 11 is 0. The SMILES string of the molecule is N=CC1=C(NCCN2CCCC2)CCN(C=O)C1. The van der Waals surface area contributed by atoms with Crippen LogP contribution in [0.15, 0.2) is 11.3 Å². The molecule has 0 saturated carbocycles. The number of nitrogens with zero attached hydrogens (tertiary/aromatic N) is 2. The van der Waals surface area contributed by atoms with Crippen molar-refractivity contribution < 1.29 is 4.79 Å². The maximum Gasteiger partial charge on any atom is 0.210 e. The third-order valence-corrected chi connectivity index (χ3v) is 3.70. The van der Waals surface area contributed by atoms with Crippen molar-refractivity contribution >= 4 is 12.6 Å². The highest BCUT2D eigenvalue weighted by Crippen LogP contribution is 2.13. The van der Waals surface area contributed by atoms with Crippen LogP contribution < -0.4 is 5.32 Å². The predicted molar refractivity (Wildman–Crippen MR) is 71.7 cm³/mol. The molecule has 2 aliphatic rings. The molecule has 5 nitrogen and oxygen atoms in total. The van der Waals surface area contributed by atoms with E-state index in [1.807, 2.05) is 0 Å². The topological polar surface area (TPSA) is 59.4 Å². The zero-order valence-corrected chi connectivity index (χ0v) is 10.8. The zero-order valence-electron chi connectivity index (χ0n) is 10.8.